The predicted octanol–water partition coefficient (Wildman–Crippen LogP) is 6.87. The SMILES string of the molecule is C=CC(=O)N1CC[C@H](C(=O)N(C)[C@H](C(=O)N[C@H]2Cc3cc(O)cc(c3)-c3ccc4c(c3)c(c(-c3ccc5cc(CN(C)C)n(C)c5c3)n4CC)CC(C)(C)COC(=O)[C@@H]3CCCN(N3)C2=O)C(C)C)C1.S.S.S.S. The van der Waals surface area contributed by atoms with Gasteiger partial charge in [0.25, 0.3) is 5.91 Å². The lowest BCUT2D eigenvalue weighted by Crippen LogP contribution is -2.62. The van der Waals surface area contributed by atoms with Crippen LogP contribution in [0.25, 0.3) is 44.2 Å². The van der Waals surface area contributed by atoms with Crippen molar-refractivity contribution < 1.29 is 33.8 Å². The number of aromatic nitrogens is 2. The van der Waals surface area contributed by atoms with Crippen LogP contribution in [-0.2, 0) is 61.7 Å². The van der Waals surface area contributed by atoms with Gasteiger partial charge in [0, 0.05) is 86.3 Å². The molecule has 2 aromatic heterocycles. The van der Waals surface area contributed by atoms with E-state index in [9.17, 15) is 29.1 Å². The van der Waals surface area contributed by atoms with Crippen molar-refractivity contribution in [3.05, 3.63) is 90.1 Å². The Morgan fingerprint density at radius 3 is 2.32 bits per heavy atom. The Kier molecular flexibility index (Phi) is 20.9. The Hall–Kier alpha value is -5.05. The van der Waals surface area contributed by atoms with Gasteiger partial charge in [0.15, 0.2) is 0 Å². The number of hydrazine groups is 1. The minimum Gasteiger partial charge on any atom is -0.508 e. The third-order valence-corrected chi connectivity index (χ3v) is 14.4. The third-order valence-electron chi connectivity index (χ3n) is 14.4. The molecule has 5 aromatic rings. The quantitative estimate of drug-likeness (QED) is 0.100. The fourth-order valence-electron chi connectivity index (χ4n) is 10.9. The summed E-state index contributed by atoms with van der Waals surface area (Å²) in [5.74, 6) is -2.80. The number of carbonyl (C=O) groups excluding carboxylic acids is 5. The summed E-state index contributed by atoms with van der Waals surface area (Å²) < 4.78 is 10.8. The second-order valence-corrected chi connectivity index (χ2v) is 21.0. The van der Waals surface area contributed by atoms with Crippen molar-refractivity contribution in [2.45, 2.75) is 97.9 Å². The first-order valence-corrected chi connectivity index (χ1v) is 24.7. The summed E-state index contributed by atoms with van der Waals surface area (Å²) in [5, 5.41) is 18.0. The number of carbonyl (C=O) groups is 5. The van der Waals surface area contributed by atoms with E-state index in [1.807, 2.05) is 19.9 Å². The van der Waals surface area contributed by atoms with Gasteiger partial charge < -0.3 is 39.0 Å². The molecule has 19 heteroatoms. The van der Waals surface area contributed by atoms with Crippen LogP contribution < -0.4 is 10.7 Å². The number of amides is 4. The van der Waals surface area contributed by atoms with Crippen molar-refractivity contribution in [2.75, 3.05) is 47.4 Å². The van der Waals surface area contributed by atoms with E-state index < -0.39 is 47.2 Å². The molecule has 0 aliphatic carbocycles. The largest absolute Gasteiger partial charge is 0.508 e. The number of cyclic esters (lactones) is 1. The Morgan fingerprint density at radius 2 is 1.65 bits per heavy atom. The summed E-state index contributed by atoms with van der Waals surface area (Å²) >= 11 is 0. The van der Waals surface area contributed by atoms with E-state index in [-0.39, 0.29) is 104 Å². The number of rotatable bonds is 10. The van der Waals surface area contributed by atoms with E-state index in [4.69, 9.17) is 4.74 Å². The Labute approximate surface area is 464 Å². The molecule has 0 saturated carbocycles. The molecule has 5 heterocycles. The van der Waals surface area contributed by atoms with E-state index in [1.165, 1.54) is 27.1 Å². The highest BCUT2D eigenvalue weighted by Crippen LogP contribution is 2.41. The van der Waals surface area contributed by atoms with Gasteiger partial charge >= 0.3 is 5.97 Å². The number of hydrogen-bond donors (Lipinski definition) is 3. The monoisotopic (exact) mass is 1090 g/mol. The maximum atomic E-state index is 14.8. The predicted molar refractivity (Wildman–Crippen MR) is 314 cm³/mol. The molecule has 3 aliphatic rings. The fourth-order valence-corrected chi connectivity index (χ4v) is 10.9. The summed E-state index contributed by atoms with van der Waals surface area (Å²) in [5.41, 5.74) is 11.5. The molecule has 6 bridgehead atoms. The molecule has 3 aromatic carbocycles. The zero-order valence-electron chi connectivity index (χ0n) is 44.3. The van der Waals surface area contributed by atoms with Crippen LogP contribution in [0.2, 0.25) is 0 Å². The van der Waals surface area contributed by atoms with Crippen LogP contribution in [0.15, 0.2) is 73.3 Å². The first kappa shape index (κ1) is 61.5. The summed E-state index contributed by atoms with van der Waals surface area (Å²) in [6.45, 7) is 16.2. The smallest absolute Gasteiger partial charge is 0.324 e. The molecular weight excluding hydrogens is 1010 g/mol. The van der Waals surface area contributed by atoms with Crippen LogP contribution in [0.4, 0.5) is 0 Å². The number of nitrogens with zero attached hydrogens (tertiary/aromatic N) is 6. The highest BCUT2D eigenvalue weighted by molar-refractivity contribution is 7.59. The molecule has 74 heavy (non-hydrogen) atoms. The zero-order chi connectivity index (χ0) is 50.3. The molecule has 15 nitrogen and oxygen atoms in total. The van der Waals surface area contributed by atoms with Crippen molar-refractivity contribution >= 4 is 105 Å². The standard InChI is InChI=1S/C55H70N8O7.4H2S/c1-11-48(65)61-21-19-38(30-61)52(67)60(10)49(33(3)4)51(66)56-45-24-34-22-39(26-41(64)23-34)35-17-18-46-42(27-35)43(29-55(5,6)32-70-54(69)44-14-13-20-63(57-44)53(45)68)50(62(46)12-2)37-16-15-36-25-40(31-58(7)8)59(9)47(36)28-37;;;;/h11,15-18,22-23,25-28,33,38,44-45,49,57,64H,1,12-14,19-21,24,29-32H2,2-10H3,(H,56,66);4*1H2/t38-,44-,45-,49-;;;;/m0..../s1. The van der Waals surface area contributed by atoms with Crippen molar-refractivity contribution in [1.82, 2.24) is 39.6 Å². The van der Waals surface area contributed by atoms with Gasteiger partial charge in [0.1, 0.15) is 23.9 Å². The lowest BCUT2D eigenvalue weighted by molar-refractivity contribution is -0.155. The Balaban J connectivity index is 0.00000296. The number of esters is 1. The first-order valence-electron chi connectivity index (χ1n) is 24.7. The maximum absolute atomic E-state index is 14.8. The molecule has 4 atom stereocenters. The lowest BCUT2D eigenvalue weighted by atomic mass is 9.84. The average Bonchev–Trinajstić information content (AvgIpc) is 4.02. The number of aryl methyl sites for hydroxylation is 2. The molecule has 3 N–H and O–H groups in total. The van der Waals surface area contributed by atoms with Gasteiger partial charge in [-0.1, -0.05) is 58.5 Å². The van der Waals surface area contributed by atoms with E-state index in [1.54, 1.807) is 24.1 Å². The average molecular weight is 1090 g/mol. The van der Waals surface area contributed by atoms with Gasteiger partial charge in [-0.25, -0.2) is 5.43 Å². The Bertz CT molecular complexity index is 2880. The van der Waals surface area contributed by atoms with Crippen LogP contribution >= 0.6 is 54.0 Å². The minimum atomic E-state index is -1.16. The van der Waals surface area contributed by atoms with Gasteiger partial charge in [-0.15, -0.1) is 0 Å². The number of phenols is 1. The summed E-state index contributed by atoms with van der Waals surface area (Å²) in [7, 11) is 7.85. The van der Waals surface area contributed by atoms with Gasteiger partial charge in [0.05, 0.1) is 18.2 Å². The molecule has 3 aliphatic heterocycles. The van der Waals surface area contributed by atoms with E-state index in [0.717, 1.165) is 50.9 Å². The first-order chi connectivity index (χ1) is 33.3. The van der Waals surface area contributed by atoms with Gasteiger partial charge in [-0.05, 0) is 123 Å². The maximum Gasteiger partial charge on any atom is 0.324 e. The number of hydrogen-bond acceptors (Lipinski definition) is 9. The number of phenolic OH excluding ortho intramolecular Hbond substituents is 1. The van der Waals surface area contributed by atoms with E-state index >= 15 is 0 Å². The molecule has 404 valence electrons. The minimum absolute atomic E-state index is 0. The third kappa shape index (κ3) is 12.8. The summed E-state index contributed by atoms with van der Waals surface area (Å²) in [6.07, 6.45) is 3.24. The van der Waals surface area contributed by atoms with Crippen LogP contribution in [0.1, 0.15) is 70.7 Å². The number of aromatic hydroxyl groups is 1. The molecule has 0 unspecified atom stereocenters. The molecule has 2 saturated heterocycles. The summed E-state index contributed by atoms with van der Waals surface area (Å²) in [6, 6.07) is 17.6. The number of nitrogens with one attached hydrogen (secondary N) is 2. The molecule has 4 amide bonds. The number of ether oxygens (including phenoxy) is 1. The highest BCUT2D eigenvalue weighted by atomic mass is 32.1. The topological polar surface area (TPSA) is 162 Å². The van der Waals surface area contributed by atoms with Crippen molar-refractivity contribution in [3.63, 3.8) is 0 Å². The second-order valence-electron chi connectivity index (χ2n) is 21.0. The van der Waals surface area contributed by atoms with Crippen LogP contribution in [0, 0.1) is 17.3 Å². The molecule has 0 spiro atoms. The number of fused-ring (bicyclic) bond motifs is 7. The molecule has 0 radical (unpaired) electrons. The van der Waals surface area contributed by atoms with Gasteiger partial charge in [-0.3, -0.25) is 29.0 Å². The number of benzene rings is 3. The fraction of sp³-hybridized carbons (Fsp3) is 0.473. The van der Waals surface area contributed by atoms with E-state index in [0.29, 0.717) is 44.3 Å². The molecular formula is C55H78N8O7S4. The molecule has 8 rings (SSSR count). The van der Waals surface area contributed by atoms with Crippen LogP contribution in [0.5, 0.6) is 5.75 Å². The Morgan fingerprint density at radius 1 is 0.932 bits per heavy atom. The van der Waals surface area contributed by atoms with Crippen LogP contribution in [0.3, 0.4) is 0 Å². The van der Waals surface area contributed by atoms with Crippen molar-refractivity contribution in [3.8, 4) is 28.1 Å². The summed E-state index contributed by atoms with van der Waals surface area (Å²) in [4.78, 5) is 74.8. The highest BCUT2D eigenvalue weighted by Gasteiger charge is 2.40. The lowest BCUT2D eigenvalue weighted by Gasteiger charge is -2.37. The number of likely N-dealkylation sites (tertiary alicyclic amines) is 1. The molecule has 2 fully saturated rings. The van der Waals surface area contributed by atoms with E-state index in [2.05, 4.69) is 116 Å². The van der Waals surface area contributed by atoms with Crippen molar-refractivity contribution in [2.24, 2.45) is 24.3 Å². The number of likely N-dealkylation sites (N-methyl/N-ethyl adjacent to an activating group) is 1. The van der Waals surface area contributed by atoms with Crippen LogP contribution in [-0.4, -0.2) is 129 Å². The van der Waals surface area contributed by atoms with Crippen molar-refractivity contribution in [1.29, 1.82) is 0 Å². The normalized spacial score (nSPS) is 19.1. The van der Waals surface area contributed by atoms with Gasteiger partial charge in [0.2, 0.25) is 17.7 Å². The second kappa shape index (κ2) is 25.2. The van der Waals surface area contributed by atoms with Gasteiger partial charge in [-0.2, -0.15) is 54.0 Å². The zero-order valence-corrected chi connectivity index (χ0v) is 48.3.